The van der Waals surface area contributed by atoms with Crippen molar-refractivity contribution in [3.8, 4) is 12.3 Å². The average molecular weight is 518 g/mol. The van der Waals surface area contributed by atoms with E-state index in [-0.39, 0.29) is 6.10 Å². The van der Waals surface area contributed by atoms with E-state index in [1.165, 1.54) is 0 Å². The van der Waals surface area contributed by atoms with Crippen molar-refractivity contribution in [2.24, 2.45) is 5.92 Å². The van der Waals surface area contributed by atoms with Crippen molar-refractivity contribution in [2.75, 3.05) is 26.2 Å². The van der Waals surface area contributed by atoms with Crippen LogP contribution in [0.1, 0.15) is 36.8 Å². The van der Waals surface area contributed by atoms with Crippen LogP contribution in [0.5, 0.6) is 0 Å². The highest BCUT2D eigenvalue weighted by Gasteiger charge is 2.50. The lowest BCUT2D eigenvalue weighted by Gasteiger charge is -2.52. The Bertz CT molecular complexity index is 1050. The SMILES string of the molecule is C#CCCC[N+]12CCC(CC1)[C@@H](OC(=O)C(O)(c1ccccc1)c1ccccc1)C2.O=C([O-])C(F)(F)F. The van der Waals surface area contributed by atoms with Crippen LogP contribution >= 0.6 is 0 Å². The second-order valence-electron chi connectivity index (χ2n) is 9.51. The number of hydrogen-bond donors (Lipinski definition) is 1. The number of carbonyl (C=O) groups is 2. The second kappa shape index (κ2) is 11.8. The van der Waals surface area contributed by atoms with Gasteiger partial charge in [-0.1, -0.05) is 60.7 Å². The average Bonchev–Trinajstić information content (AvgIpc) is 2.90. The summed E-state index contributed by atoms with van der Waals surface area (Å²) in [5.74, 6) is -0.485. The molecule has 5 rings (SSSR count). The van der Waals surface area contributed by atoms with Gasteiger partial charge < -0.3 is 24.2 Å². The highest BCUT2D eigenvalue weighted by molar-refractivity contribution is 5.85. The number of hydrogen-bond acceptors (Lipinski definition) is 5. The first-order valence-electron chi connectivity index (χ1n) is 12.1. The van der Waals surface area contributed by atoms with E-state index in [2.05, 4.69) is 5.92 Å². The van der Waals surface area contributed by atoms with Crippen molar-refractivity contribution in [3.63, 3.8) is 0 Å². The number of carboxylic acids is 1. The Hall–Kier alpha value is -3.35. The van der Waals surface area contributed by atoms with E-state index in [0.717, 1.165) is 56.3 Å². The number of quaternary nitrogens is 1. The number of fused-ring (bicyclic) bond motifs is 3. The van der Waals surface area contributed by atoms with Crippen LogP contribution in [0.2, 0.25) is 0 Å². The third-order valence-corrected chi connectivity index (χ3v) is 7.16. The summed E-state index contributed by atoms with van der Waals surface area (Å²) < 4.78 is 38.6. The molecule has 1 atom stereocenters. The molecule has 0 saturated carbocycles. The summed E-state index contributed by atoms with van der Waals surface area (Å²) in [6, 6.07) is 18.2. The van der Waals surface area contributed by atoms with Gasteiger partial charge in [-0.2, -0.15) is 13.2 Å². The molecule has 2 aromatic carbocycles. The minimum atomic E-state index is -5.19. The molecule has 198 valence electrons. The summed E-state index contributed by atoms with van der Waals surface area (Å²) in [6.07, 6.45) is 3.98. The summed E-state index contributed by atoms with van der Waals surface area (Å²) in [5.41, 5.74) is -0.760. The van der Waals surface area contributed by atoms with Crippen molar-refractivity contribution < 1.29 is 42.2 Å². The van der Waals surface area contributed by atoms with Gasteiger partial charge in [0.25, 0.3) is 0 Å². The first kappa shape index (κ1) is 28.2. The van der Waals surface area contributed by atoms with Crippen molar-refractivity contribution in [3.05, 3.63) is 71.8 Å². The van der Waals surface area contributed by atoms with Crippen LogP contribution in [-0.4, -0.2) is 60.0 Å². The molecule has 2 aromatic rings. The zero-order chi connectivity index (χ0) is 27.1. The van der Waals surface area contributed by atoms with Crippen LogP contribution < -0.4 is 5.11 Å². The molecule has 0 radical (unpaired) electrons. The molecule has 3 fully saturated rings. The standard InChI is InChI=1S/C26H30NO3.C2HF3O2/c1-2-3-10-17-27-18-15-21(16-19-27)24(20-27)30-25(28)26(29,22-11-6-4-7-12-22)23-13-8-5-9-14-23;3-2(4,5)1(6)7/h1,4-9,11-14,21,24,29H,3,10,15-20H2;(H,6,7)/q+1;/p-1/t21?,24-,27?;/m0./s1. The monoisotopic (exact) mass is 517 g/mol. The maximum absolute atomic E-state index is 13.5. The number of piperidine rings is 3. The number of alkyl halides is 3. The lowest BCUT2D eigenvalue weighted by molar-refractivity contribution is -0.946. The third kappa shape index (κ3) is 6.70. The van der Waals surface area contributed by atoms with Gasteiger partial charge in [-0.05, 0) is 11.1 Å². The second-order valence-corrected chi connectivity index (χ2v) is 9.51. The number of carboxylic acid groups (broad SMARTS) is 1. The van der Waals surface area contributed by atoms with E-state index in [4.69, 9.17) is 21.1 Å². The van der Waals surface area contributed by atoms with E-state index in [1.54, 1.807) is 24.3 Å². The van der Waals surface area contributed by atoms with Crippen molar-refractivity contribution >= 4 is 11.9 Å². The highest BCUT2D eigenvalue weighted by atomic mass is 19.4. The molecule has 6 nitrogen and oxygen atoms in total. The van der Waals surface area contributed by atoms with Gasteiger partial charge in [-0.3, -0.25) is 0 Å². The Labute approximate surface area is 214 Å². The van der Waals surface area contributed by atoms with E-state index in [0.29, 0.717) is 17.0 Å². The number of nitrogens with zero attached hydrogens (tertiary/aromatic N) is 1. The van der Waals surface area contributed by atoms with Crippen molar-refractivity contribution in [2.45, 2.75) is 43.6 Å². The van der Waals surface area contributed by atoms with E-state index < -0.39 is 23.7 Å². The quantitative estimate of drug-likeness (QED) is 0.264. The molecule has 1 N–H and O–H groups in total. The van der Waals surface area contributed by atoms with Crippen LogP contribution in [-0.2, 0) is 19.9 Å². The Kier molecular flexibility index (Phi) is 9.00. The largest absolute Gasteiger partial charge is 0.542 e. The molecule has 9 heteroatoms. The van der Waals surface area contributed by atoms with E-state index in [9.17, 15) is 23.1 Å². The molecule has 3 saturated heterocycles. The van der Waals surface area contributed by atoms with Crippen LogP contribution in [0.25, 0.3) is 0 Å². The number of esters is 1. The van der Waals surface area contributed by atoms with Crippen molar-refractivity contribution in [1.82, 2.24) is 0 Å². The summed E-state index contributed by atoms with van der Waals surface area (Å²) >= 11 is 0. The lowest BCUT2D eigenvalue weighted by atomic mass is 9.82. The first-order valence-corrected chi connectivity index (χ1v) is 12.1. The van der Waals surface area contributed by atoms with Gasteiger partial charge >= 0.3 is 12.1 Å². The Morgan fingerprint density at radius 3 is 1.95 bits per heavy atom. The Balaban J connectivity index is 0.000000479. The van der Waals surface area contributed by atoms with Crippen molar-refractivity contribution in [1.29, 1.82) is 0 Å². The molecule has 0 aliphatic carbocycles. The van der Waals surface area contributed by atoms with E-state index >= 15 is 0 Å². The van der Waals surface area contributed by atoms with Gasteiger partial charge in [0.2, 0.25) is 5.60 Å². The fourth-order valence-corrected chi connectivity index (χ4v) is 5.17. The number of rotatable bonds is 7. The minimum absolute atomic E-state index is 0.162. The molecule has 0 spiro atoms. The van der Waals surface area contributed by atoms with Gasteiger partial charge in [0, 0.05) is 31.6 Å². The number of benzene rings is 2. The Morgan fingerprint density at radius 1 is 1.03 bits per heavy atom. The maximum atomic E-state index is 13.5. The van der Waals surface area contributed by atoms with Crippen LogP contribution in [0.4, 0.5) is 13.2 Å². The topological polar surface area (TPSA) is 86.7 Å². The van der Waals surface area contributed by atoms with Gasteiger partial charge in [0.1, 0.15) is 12.5 Å². The molecule has 3 heterocycles. The molecular weight excluding hydrogens is 487 g/mol. The number of halogens is 3. The number of unbranched alkanes of at least 4 members (excludes halogenated alkanes) is 1. The molecule has 0 amide bonds. The van der Waals surface area contributed by atoms with Crippen LogP contribution in [0.3, 0.4) is 0 Å². The van der Waals surface area contributed by atoms with Gasteiger partial charge in [0.15, 0.2) is 6.10 Å². The minimum Gasteiger partial charge on any atom is -0.542 e. The number of terminal acetylenes is 1. The molecule has 3 aliphatic rings. The molecule has 37 heavy (non-hydrogen) atoms. The lowest BCUT2D eigenvalue weighted by Crippen LogP contribution is -2.65. The van der Waals surface area contributed by atoms with Crippen LogP contribution in [0, 0.1) is 18.3 Å². The summed E-state index contributed by atoms with van der Waals surface area (Å²) in [4.78, 5) is 22.3. The zero-order valence-corrected chi connectivity index (χ0v) is 20.3. The number of aliphatic carboxylic acids is 1. The Morgan fingerprint density at radius 2 is 1.51 bits per heavy atom. The molecule has 0 unspecified atom stereocenters. The first-order chi connectivity index (χ1) is 17.5. The number of carbonyl (C=O) groups excluding carboxylic acids is 2. The number of ether oxygens (including phenoxy) is 1. The summed E-state index contributed by atoms with van der Waals surface area (Å²) in [5, 5.41) is 20.4. The fourth-order valence-electron chi connectivity index (χ4n) is 5.17. The third-order valence-electron chi connectivity index (χ3n) is 7.16. The molecule has 0 aromatic heterocycles. The molecule has 3 aliphatic heterocycles. The summed E-state index contributed by atoms with van der Waals surface area (Å²) in [6.45, 7) is 4.11. The van der Waals surface area contributed by atoms with Gasteiger partial charge in [-0.15, -0.1) is 12.3 Å². The van der Waals surface area contributed by atoms with Crippen LogP contribution in [0.15, 0.2) is 60.7 Å². The summed E-state index contributed by atoms with van der Waals surface area (Å²) in [7, 11) is 0. The smallest absolute Gasteiger partial charge is 0.430 e. The fraction of sp³-hybridized carbons (Fsp3) is 0.429. The molecule has 2 bridgehead atoms. The highest BCUT2D eigenvalue weighted by Crippen LogP contribution is 2.38. The number of aliphatic hydroxyl groups is 1. The maximum Gasteiger partial charge on any atom is 0.430 e. The molecular formula is C28H30F3NO5. The normalized spacial score (nSPS) is 22.8. The van der Waals surface area contributed by atoms with Gasteiger partial charge in [0.05, 0.1) is 19.6 Å². The van der Waals surface area contributed by atoms with Gasteiger partial charge in [-0.25, -0.2) is 4.79 Å². The zero-order valence-electron chi connectivity index (χ0n) is 20.3. The van der Waals surface area contributed by atoms with E-state index in [1.807, 2.05) is 36.4 Å². The predicted molar refractivity (Wildman–Crippen MR) is 127 cm³/mol. The predicted octanol–water partition coefficient (Wildman–Crippen LogP) is 2.79.